The second-order valence-corrected chi connectivity index (χ2v) is 4.71. The van der Waals surface area contributed by atoms with E-state index in [1.807, 2.05) is 10.5 Å². The second-order valence-electron chi connectivity index (χ2n) is 4.71. The molecule has 0 aliphatic carbocycles. The van der Waals surface area contributed by atoms with Crippen molar-refractivity contribution in [1.29, 1.82) is 0 Å². The van der Waals surface area contributed by atoms with E-state index in [4.69, 9.17) is 9.47 Å². The predicted octanol–water partition coefficient (Wildman–Crippen LogP) is 2.06. The van der Waals surface area contributed by atoms with Gasteiger partial charge in [0.05, 0.1) is 30.2 Å². The van der Waals surface area contributed by atoms with Crippen molar-refractivity contribution in [1.82, 2.24) is 9.38 Å². The van der Waals surface area contributed by atoms with Gasteiger partial charge in [-0.3, -0.25) is 0 Å². The van der Waals surface area contributed by atoms with Crippen molar-refractivity contribution in [3.8, 4) is 0 Å². The molecule has 0 bridgehead atoms. The van der Waals surface area contributed by atoms with Crippen LogP contribution >= 0.6 is 0 Å². The first-order valence-corrected chi connectivity index (χ1v) is 6.53. The van der Waals surface area contributed by atoms with E-state index >= 15 is 0 Å². The van der Waals surface area contributed by atoms with Gasteiger partial charge in [0.25, 0.3) is 0 Å². The van der Waals surface area contributed by atoms with Gasteiger partial charge in [0.1, 0.15) is 6.10 Å². The maximum atomic E-state index is 12.1. The van der Waals surface area contributed by atoms with Crippen LogP contribution in [0.3, 0.4) is 0 Å². The van der Waals surface area contributed by atoms with E-state index in [1.165, 1.54) is 0 Å². The molecule has 0 spiro atoms. The molecule has 2 aromatic heterocycles. The molecule has 3 rings (SSSR count). The van der Waals surface area contributed by atoms with Gasteiger partial charge in [-0.1, -0.05) is 0 Å². The number of ether oxygens (including phenoxy) is 2. The fourth-order valence-electron chi connectivity index (χ4n) is 2.25. The van der Waals surface area contributed by atoms with E-state index in [0.29, 0.717) is 12.2 Å². The van der Waals surface area contributed by atoms with Crippen molar-refractivity contribution in [2.45, 2.75) is 25.4 Å². The normalized spacial score (nSPS) is 20.1. The Balaban J connectivity index is 1.71. The number of carbonyl (C=O) groups is 1. The summed E-state index contributed by atoms with van der Waals surface area (Å²) in [6.45, 7) is 1.42. The molecule has 0 saturated carbocycles. The van der Waals surface area contributed by atoms with E-state index < -0.39 is 0 Å². The highest BCUT2D eigenvalue weighted by atomic mass is 16.5. The Bertz CT molecular complexity index is 571. The molecule has 1 unspecified atom stereocenters. The van der Waals surface area contributed by atoms with Gasteiger partial charge in [-0.05, 0) is 25.0 Å². The van der Waals surface area contributed by atoms with Gasteiger partial charge in [-0.25, -0.2) is 9.78 Å². The monoisotopic (exact) mass is 260 g/mol. The number of hydrogen-bond acceptors (Lipinski definition) is 4. The summed E-state index contributed by atoms with van der Waals surface area (Å²) >= 11 is 0. The van der Waals surface area contributed by atoms with Crippen LogP contribution in [0.15, 0.2) is 30.9 Å². The topological polar surface area (TPSA) is 52.8 Å². The third-order valence-electron chi connectivity index (χ3n) is 3.32. The molecule has 0 N–H and O–H groups in total. The van der Waals surface area contributed by atoms with E-state index in [1.54, 1.807) is 24.8 Å². The maximum Gasteiger partial charge on any atom is 0.339 e. The molecule has 1 atom stereocenters. The van der Waals surface area contributed by atoms with Crippen LogP contribution in [0.2, 0.25) is 0 Å². The van der Waals surface area contributed by atoms with Crippen molar-refractivity contribution in [2.75, 3.05) is 13.2 Å². The Morgan fingerprint density at radius 2 is 2.32 bits per heavy atom. The molecular formula is C14H16N2O3. The molecule has 0 radical (unpaired) electrons. The summed E-state index contributed by atoms with van der Waals surface area (Å²) in [5.41, 5.74) is 1.51. The third kappa shape index (κ3) is 2.76. The molecule has 0 amide bonds. The molecule has 1 aliphatic heterocycles. The Morgan fingerprint density at radius 3 is 3.26 bits per heavy atom. The average Bonchev–Trinajstić information content (AvgIpc) is 2.75. The molecule has 2 aromatic rings. The van der Waals surface area contributed by atoms with Gasteiger partial charge in [0.2, 0.25) is 0 Å². The zero-order chi connectivity index (χ0) is 13.1. The number of esters is 1. The number of carbonyl (C=O) groups excluding carboxylic acids is 1. The van der Waals surface area contributed by atoms with Crippen LogP contribution in [-0.4, -0.2) is 34.7 Å². The minimum Gasteiger partial charge on any atom is -0.459 e. The lowest BCUT2D eigenvalue weighted by Crippen LogP contribution is -2.18. The Hall–Kier alpha value is -1.88. The molecule has 3 heterocycles. The van der Waals surface area contributed by atoms with Crippen molar-refractivity contribution in [3.05, 3.63) is 36.4 Å². The van der Waals surface area contributed by atoms with Gasteiger partial charge in [-0.15, -0.1) is 0 Å². The third-order valence-corrected chi connectivity index (χ3v) is 3.32. The average molecular weight is 260 g/mol. The Labute approximate surface area is 111 Å². The highest BCUT2D eigenvalue weighted by Gasteiger charge is 2.18. The minimum atomic E-state index is -0.275. The van der Waals surface area contributed by atoms with Crippen molar-refractivity contribution in [3.63, 3.8) is 0 Å². The van der Waals surface area contributed by atoms with Crippen LogP contribution in [0.5, 0.6) is 0 Å². The largest absolute Gasteiger partial charge is 0.459 e. The summed E-state index contributed by atoms with van der Waals surface area (Å²) in [5, 5.41) is 0. The standard InChI is InChI=1S/C14H16N2O3/c17-14(19-13-2-1-6-18-7-5-13)11-3-4-12-8-15-10-16(12)9-11/h3-4,8-10,13H,1-2,5-7H2. The number of nitrogens with zero attached hydrogens (tertiary/aromatic N) is 2. The van der Waals surface area contributed by atoms with Crippen molar-refractivity contribution < 1.29 is 14.3 Å². The fourth-order valence-corrected chi connectivity index (χ4v) is 2.25. The Morgan fingerprint density at radius 1 is 1.37 bits per heavy atom. The number of imidazole rings is 1. The van der Waals surface area contributed by atoms with Crippen molar-refractivity contribution in [2.24, 2.45) is 0 Å². The molecule has 19 heavy (non-hydrogen) atoms. The van der Waals surface area contributed by atoms with Gasteiger partial charge < -0.3 is 13.9 Å². The highest BCUT2D eigenvalue weighted by molar-refractivity contribution is 5.89. The first kappa shape index (κ1) is 12.2. The summed E-state index contributed by atoms with van der Waals surface area (Å²) in [6.07, 6.45) is 7.73. The summed E-state index contributed by atoms with van der Waals surface area (Å²) in [5.74, 6) is -0.275. The van der Waals surface area contributed by atoms with E-state index in [-0.39, 0.29) is 12.1 Å². The first-order valence-electron chi connectivity index (χ1n) is 6.53. The van der Waals surface area contributed by atoms with Gasteiger partial charge in [0, 0.05) is 19.2 Å². The van der Waals surface area contributed by atoms with E-state index in [9.17, 15) is 4.79 Å². The molecule has 1 fully saturated rings. The quantitative estimate of drug-likeness (QED) is 0.776. The van der Waals surface area contributed by atoms with Crippen molar-refractivity contribution >= 4 is 11.5 Å². The molecule has 1 saturated heterocycles. The lowest BCUT2D eigenvalue weighted by molar-refractivity contribution is 0.0250. The second kappa shape index (κ2) is 5.40. The zero-order valence-electron chi connectivity index (χ0n) is 10.6. The lowest BCUT2D eigenvalue weighted by Gasteiger charge is -2.14. The number of fused-ring (bicyclic) bond motifs is 1. The number of pyridine rings is 1. The summed E-state index contributed by atoms with van der Waals surface area (Å²) < 4.78 is 12.7. The van der Waals surface area contributed by atoms with Crippen LogP contribution in [0.1, 0.15) is 29.6 Å². The van der Waals surface area contributed by atoms with Crippen LogP contribution in [0.4, 0.5) is 0 Å². The maximum absolute atomic E-state index is 12.1. The summed E-state index contributed by atoms with van der Waals surface area (Å²) in [4.78, 5) is 16.1. The molecule has 5 nitrogen and oxygen atoms in total. The summed E-state index contributed by atoms with van der Waals surface area (Å²) in [6, 6.07) is 3.63. The van der Waals surface area contributed by atoms with E-state index in [2.05, 4.69) is 4.98 Å². The minimum absolute atomic E-state index is 0.0338. The lowest BCUT2D eigenvalue weighted by atomic mass is 10.1. The van der Waals surface area contributed by atoms with Gasteiger partial charge in [-0.2, -0.15) is 0 Å². The van der Waals surface area contributed by atoms with E-state index in [0.717, 1.165) is 31.4 Å². The Kier molecular flexibility index (Phi) is 3.46. The molecule has 0 aromatic carbocycles. The smallest absolute Gasteiger partial charge is 0.339 e. The molecular weight excluding hydrogens is 244 g/mol. The molecule has 5 heteroatoms. The first-order chi connectivity index (χ1) is 9.33. The molecule has 1 aliphatic rings. The van der Waals surface area contributed by atoms with Gasteiger partial charge in [0.15, 0.2) is 0 Å². The highest BCUT2D eigenvalue weighted by Crippen LogP contribution is 2.15. The fraction of sp³-hybridized carbons (Fsp3) is 0.429. The number of aromatic nitrogens is 2. The van der Waals surface area contributed by atoms with Crippen LogP contribution in [0.25, 0.3) is 5.52 Å². The number of hydrogen-bond donors (Lipinski definition) is 0. The number of rotatable bonds is 2. The van der Waals surface area contributed by atoms with Crippen LogP contribution in [0, 0.1) is 0 Å². The predicted molar refractivity (Wildman–Crippen MR) is 69.1 cm³/mol. The summed E-state index contributed by atoms with van der Waals surface area (Å²) in [7, 11) is 0. The van der Waals surface area contributed by atoms with Gasteiger partial charge >= 0.3 is 5.97 Å². The SMILES string of the molecule is O=C(OC1CCCOCC1)c1ccc2cncn2c1. The zero-order valence-corrected chi connectivity index (χ0v) is 10.6. The van der Waals surface area contributed by atoms with Crippen LogP contribution in [-0.2, 0) is 9.47 Å². The molecule has 100 valence electrons. The van der Waals surface area contributed by atoms with Crippen LogP contribution < -0.4 is 0 Å².